The van der Waals surface area contributed by atoms with Gasteiger partial charge in [0.15, 0.2) is 5.78 Å². The van der Waals surface area contributed by atoms with Crippen LogP contribution in [0.15, 0.2) is 24.3 Å². The fraction of sp³-hybridized carbons (Fsp3) is 0.533. The second kappa shape index (κ2) is 5.95. The summed E-state index contributed by atoms with van der Waals surface area (Å²) in [5.74, 6) is 0.471. The van der Waals surface area contributed by atoms with Gasteiger partial charge < -0.3 is 4.74 Å². The van der Waals surface area contributed by atoms with E-state index in [1.807, 2.05) is 0 Å². The number of methoxy groups -OCH3 is 1. The van der Waals surface area contributed by atoms with Crippen LogP contribution in [0.3, 0.4) is 0 Å². The first-order chi connectivity index (χ1) is 9.41. The zero-order valence-corrected chi connectivity index (χ0v) is 12.7. The van der Waals surface area contributed by atoms with Crippen LogP contribution < -0.4 is 4.74 Å². The molecule has 5 heteroatoms. The molecule has 0 heterocycles. The third kappa shape index (κ3) is 3.39. The van der Waals surface area contributed by atoms with Crippen molar-refractivity contribution in [3.8, 4) is 5.75 Å². The molecule has 0 amide bonds. The number of carbonyl (C=O) groups is 1. The SMILES string of the molecule is COc1cccc(C(=O)C2CCCC(S(C)(=O)=O)C2)c1. The van der Waals surface area contributed by atoms with Crippen LogP contribution in [0.2, 0.25) is 0 Å². The number of rotatable bonds is 4. The van der Waals surface area contributed by atoms with Crippen molar-refractivity contribution in [2.45, 2.75) is 30.9 Å². The van der Waals surface area contributed by atoms with Gasteiger partial charge in [0.2, 0.25) is 0 Å². The number of sulfone groups is 1. The summed E-state index contributed by atoms with van der Waals surface area (Å²) in [6, 6.07) is 7.04. The van der Waals surface area contributed by atoms with Crippen molar-refractivity contribution in [1.82, 2.24) is 0 Å². The molecule has 1 saturated carbocycles. The number of benzene rings is 1. The number of hydrogen-bond acceptors (Lipinski definition) is 4. The Labute approximate surface area is 120 Å². The summed E-state index contributed by atoms with van der Waals surface area (Å²) in [6.07, 6.45) is 3.92. The van der Waals surface area contributed by atoms with Gasteiger partial charge in [0.05, 0.1) is 12.4 Å². The average molecular weight is 296 g/mol. The highest BCUT2D eigenvalue weighted by Gasteiger charge is 2.32. The average Bonchev–Trinajstić information content (AvgIpc) is 2.46. The molecule has 1 aliphatic rings. The summed E-state index contributed by atoms with van der Waals surface area (Å²) in [7, 11) is -1.50. The van der Waals surface area contributed by atoms with E-state index in [2.05, 4.69) is 0 Å². The Morgan fingerprint density at radius 1 is 1.30 bits per heavy atom. The standard InChI is InChI=1S/C15H20O4S/c1-19-13-7-3-5-11(9-13)15(16)12-6-4-8-14(10-12)20(2,17)18/h3,5,7,9,12,14H,4,6,8,10H2,1-2H3. The maximum atomic E-state index is 12.5. The Morgan fingerprint density at radius 3 is 2.70 bits per heavy atom. The van der Waals surface area contributed by atoms with E-state index in [1.54, 1.807) is 31.4 Å². The number of ether oxygens (including phenoxy) is 1. The van der Waals surface area contributed by atoms with Crippen LogP contribution in [0.4, 0.5) is 0 Å². The Balaban J connectivity index is 2.16. The highest BCUT2D eigenvalue weighted by atomic mass is 32.2. The van der Waals surface area contributed by atoms with E-state index in [0.29, 0.717) is 24.2 Å². The zero-order chi connectivity index (χ0) is 14.8. The molecule has 1 fully saturated rings. The highest BCUT2D eigenvalue weighted by Crippen LogP contribution is 2.31. The van der Waals surface area contributed by atoms with Gasteiger partial charge in [-0.05, 0) is 31.4 Å². The van der Waals surface area contributed by atoms with E-state index in [1.165, 1.54) is 6.26 Å². The number of ketones is 1. The largest absolute Gasteiger partial charge is 0.497 e. The number of carbonyl (C=O) groups excluding carboxylic acids is 1. The van der Waals surface area contributed by atoms with Crippen LogP contribution >= 0.6 is 0 Å². The predicted molar refractivity (Wildman–Crippen MR) is 77.9 cm³/mol. The summed E-state index contributed by atoms with van der Waals surface area (Å²) in [5.41, 5.74) is 0.600. The lowest BCUT2D eigenvalue weighted by molar-refractivity contribution is 0.0890. The minimum Gasteiger partial charge on any atom is -0.497 e. The van der Waals surface area contributed by atoms with Gasteiger partial charge >= 0.3 is 0 Å². The second-order valence-corrected chi connectivity index (χ2v) is 7.74. The molecule has 20 heavy (non-hydrogen) atoms. The Kier molecular flexibility index (Phi) is 4.48. The molecule has 0 radical (unpaired) electrons. The first kappa shape index (κ1) is 15.0. The zero-order valence-electron chi connectivity index (χ0n) is 11.8. The first-order valence-corrected chi connectivity index (χ1v) is 8.74. The fourth-order valence-electron chi connectivity index (χ4n) is 2.78. The molecule has 2 atom stereocenters. The molecule has 0 spiro atoms. The lowest BCUT2D eigenvalue weighted by atomic mass is 9.83. The van der Waals surface area contributed by atoms with Crippen molar-refractivity contribution in [3.05, 3.63) is 29.8 Å². The molecule has 1 aromatic rings. The highest BCUT2D eigenvalue weighted by molar-refractivity contribution is 7.91. The maximum Gasteiger partial charge on any atom is 0.166 e. The van der Waals surface area contributed by atoms with Gasteiger partial charge in [0.25, 0.3) is 0 Å². The predicted octanol–water partition coefficient (Wildman–Crippen LogP) is 2.48. The van der Waals surface area contributed by atoms with Crippen LogP contribution in [-0.2, 0) is 9.84 Å². The Bertz CT molecular complexity index is 592. The van der Waals surface area contributed by atoms with E-state index in [0.717, 1.165) is 12.8 Å². The van der Waals surface area contributed by atoms with Gasteiger partial charge in [-0.1, -0.05) is 18.6 Å². The van der Waals surface area contributed by atoms with Crippen LogP contribution in [0.1, 0.15) is 36.0 Å². The normalized spacial score (nSPS) is 23.3. The maximum absolute atomic E-state index is 12.5. The third-order valence-corrected chi connectivity index (χ3v) is 5.60. The summed E-state index contributed by atoms with van der Waals surface area (Å²) in [5, 5.41) is -0.379. The summed E-state index contributed by atoms with van der Waals surface area (Å²) in [6.45, 7) is 0. The lowest BCUT2D eigenvalue weighted by Crippen LogP contribution is -2.31. The van der Waals surface area contributed by atoms with Crippen molar-refractivity contribution in [2.75, 3.05) is 13.4 Å². The quantitative estimate of drug-likeness (QED) is 0.801. The molecular weight excluding hydrogens is 276 g/mol. The molecule has 4 nitrogen and oxygen atoms in total. The van der Waals surface area contributed by atoms with Gasteiger partial charge in [-0.3, -0.25) is 4.79 Å². The molecule has 0 aromatic heterocycles. The van der Waals surface area contributed by atoms with Crippen LogP contribution in [-0.4, -0.2) is 32.8 Å². The molecule has 2 unspecified atom stereocenters. The fourth-order valence-corrected chi connectivity index (χ4v) is 3.96. The van der Waals surface area contributed by atoms with Gasteiger partial charge in [0.1, 0.15) is 15.6 Å². The first-order valence-electron chi connectivity index (χ1n) is 6.79. The van der Waals surface area contributed by atoms with Crippen molar-refractivity contribution in [2.24, 2.45) is 5.92 Å². The number of Topliss-reactive ketones (excluding diaryl/α,β-unsaturated/α-hetero) is 1. The van der Waals surface area contributed by atoms with Crippen molar-refractivity contribution >= 4 is 15.6 Å². The van der Waals surface area contributed by atoms with E-state index >= 15 is 0 Å². The second-order valence-electron chi connectivity index (χ2n) is 5.41. The van der Waals surface area contributed by atoms with Crippen LogP contribution in [0, 0.1) is 5.92 Å². The molecular formula is C15H20O4S. The molecule has 110 valence electrons. The lowest BCUT2D eigenvalue weighted by Gasteiger charge is -2.27. The van der Waals surface area contributed by atoms with Crippen molar-refractivity contribution in [3.63, 3.8) is 0 Å². The molecule has 1 aliphatic carbocycles. The summed E-state index contributed by atoms with van der Waals surface area (Å²) in [4.78, 5) is 12.5. The van der Waals surface area contributed by atoms with Crippen LogP contribution in [0.5, 0.6) is 5.75 Å². The van der Waals surface area contributed by atoms with Crippen molar-refractivity contribution in [1.29, 1.82) is 0 Å². The minimum absolute atomic E-state index is 0.0252. The topological polar surface area (TPSA) is 60.4 Å². The smallest absolute Gasteiger partial charge is 0.166 e. The summed E-state index contributed by atoms with van der Waals surface area (Å²) >= 11 is 0. The van der Waals surface area contributed by atoms with E-state index in [4.69, 9.17) is 4.74 Å². The molecule has 2 rings (SSSR count). The summed E-state index contributed by atoms with van der Waals surface area (Å²) < 4.78 is 28.4. The van der Waals surface area contributed by atoms with Crippen LogP contribution in [0.25, 0.3) is 0 Å². The Morgan fingerprint density at radius 2 is 2.05 bits per heavy atom. The number of hydrogen-bond donors (Lipinski definition) is 0. The molecule has 1 aromatic carbocycles. The van der Waals surface area contributed by atoms with E-state index < -0.39 is 9.84 Å². The van der Waals surface area contributed by atoms with E-state index in [-0.39, 0.29) is 17.0 Å². The molecule has 0 saturated heterocycles. The molecule has 0 N–H and O–H groups in total. The molecule has 0 bridgehead atoms. The van der Waals surface area contributed by atoms with Gasteiger partial charge in [0, 0.05) is 17.7 Å². The third-order valence-electron chi connectivity index (χ3n) is 3.96. The van der Waals surface area contributed by atoms with Crippen molar-refractivity contribution < 1.29 is 17.9 Å². The van der Waals surface area contributed by atoms with E-state index in [9.17, 15) is 13.2 Å². The Hall–Kier alpha value is -1.36. The minimum atomic E-state index is -3.06. The monoisotopic (exact) mass is 296 g/mol. The van der Waals surface area contributed by atoms with Gasteiger partial charge in [-0.25, -0.2) is 8.42 Å². The van der Waals surface area contributed by atoms with Gasteiger partial charge in [-0.15, -0.1) is 0 Å². The van der Waals surface area contributed by atoms with Gasteiger partial charge in [-0.2, -0.15) is 0 Å². The molecule has 0 aliphatic heterocycles.